The SMILES string of the molecule is Nc1cc(Cl)ccc1NC(=O)CS(=O)c1ccccc1Cl. The van der Waals surface area contributed by atoms with Crippen LogP contribution < -0.4 is 11.1 Å². The molecule has 2 aromatic carbocycles. The second kappa shape index (κ2) is 6.93. The van der Waals surface area contributed by atoms with Gasteiger partial charge in [0.15, 0.2) is 0 Å². The van der Waals surface area contributed by atoms with Crippen molar-refractivity contribution in [2.24, 2.45) is 0 Å². The van der Waals surface area contributed by atoms with Gasteiger partial charge in [-0.25, -0.2) is 0 Å². The van der Waals surface area contributed by atoms with Gasteiger partial charge in [0.05, 0.1) is 32.1 Å². The first kappa shape index (κ1) is 15.8. The largest absolute Gasteiger partial charge is 0.397 e. The van der Waals surface area contributed by atoms with Crippen LogP contribution in [0.3, 0.4) is 0 Å². The highest BCUT2D eigenvalue weighted by Gasteiger charge is 2.14. The van der Waals surface area contributed by atoms with Crippen LogP contribution in [0.2, 0.25) is 10.0 Å². The highest BCUT2D eigenvalue weighted by atomic mass is 35.5. The Morgan fingerprint density at radius 3 is 2.57 bits per heavy atom. The first-order valence-corrected chi connectivity index (χ1v) is 8.02. The monoisotopic (exact) mass is 342 g/mol. The molecule has 0 aliphatic carbocycles. The Labute approximate surface area is 134 Å². The average Bonchev–Trinajstić information content (AvgIpc) is 2.42. The van der Waals surface area contributed by atoms with Crippen molar-refractivity contribution in [1.29, 1.82) is 0 Å². The summed E-state index contributed by atoms with van der Waals surface area (Å²) in [6.07, 6.45) is 0. The van der Waals surface area contributed by atoms with E-state index in [4.69, 9.17) is 28.9 Å². The fraction of sp³-hybridized carbons (Fsp3) is 0.0714. The molecule has 0 fully saturated rings. The Balaban J connectivity index is 2.05. The molecule has 110 valence electrons. The van der Waals surface area contributed by atoms with Gasteiger partial charge in [0.25, 0.3) is 0 Å². The summed E-state index contributed by atoms with van der Waals surface area (Å²) in [5, 5.41) is 3.45. The van der Waals surface area contributed by atoms with Crippen LogP contribution in [0.5, 0.6) is 0 Å². The second-order valence-corrected chi connectivity index (χ2v) is 6.46. The number of nitrogens with two attached hydrogens (primary N) is 1. The molecule has 0 spiro atoms. The van der Waals surface area contributed by atoms with E-state index < -0.39 is 16.7 Å². The van der Waals surface area contributed by atoms with Crippen molar-refractivity contribution in [2.45, 2.75) is 4.90 Å². The van der Waals surface area contributed by atoms with E-state index in [9.17, 15) is 9.00 Å². The summed E-state index contributed by atoms with van der Waals surface area (Å²) in [6, 6.07) is 11.4. The summed E-state index contributed by atoms with van der Waals surface area (Å²) >= 11 is 11.7. The Hall–Kier alpha value is -1.56. The van der Waals surface area contributed by atoms with Crippen LogP contribution in [-0.4, -0.2) is 15.9 Å². The van der Waals surface area contributed by atoms with Gasteiger partial charge in [-0.2, -0.15) is 0 Å². The Morgan fingerprint density at radius 2 is 1.90 bits per heavy atom. The normalized spacial score (nSPS) is 11.9. The number of hydrogen-bond acceptors (Lipinski definition) is 3. The van der Waals surface area contributed by atoms with Gasteiger partial charge < -0.3 is 11.1 Å². The number of carbonyl (C=O) groups excluding carboxylic acids is 1. The third kappa shape index (κ3) is 4.20. The maximum absolute atomic E-state index is 12.1. The summed E-state index contributed by atoms with van der Waals surface area (Å²) in [5.74, 6) is -0.617. The molecule has 0 aromatic heterocycles. The van der Waals surface area contributed by atoms with E-state index in [0.29, 0.717) is 26.3 Å². The maximum Gasteiger partial charge on any atom is 0.237 e. The third-order valence-electron chi connectivity index (χ3n) is 2.63. The van der Waals surface area contributed by atoms with Crippen molar-refractivity contribution in [3.8, 4) is 0 Å². The number of hydrogen-bond donors (Lipinski definition) is 2. The van der Waals surface area contributed by atoms with E-state index >= 15 is 0 Å². The van der Waals surface area contributed by atoms with E-state index in [1.165, 1.54) is 6.07 Å². The number of carbonyl (C=O) groups is 1. The molecule has 3 N–H and O–H groups in total. The number of anilines is 2. The molecule has 7 heteroatoms. The number of halogens is 2. The lowest BCUT2D eigenvalue weighted by molar-refractivity contribution is -0.113. The predicted molar refractivity (Wildman–Crippen MR) is 87.2 cm³/mol. The lowest BCUT2D eigenvalue weighted by atomic mass is 10.2. The van der Waals surface area contributed by atoms with Gasteiger partial charge in [-0.3, -0.25) is 9.00 Å². The minimum absolute atomic E-state index is 0.203. The van der Waals surface area contributed by atoms with Gasteiger partial charge in [-0.05, 0) is 30.3 Å². The van der Waals surface area contributed by atoms with Crippen LogP contribution in [0.1, 0.15) is 0 Å². The molecule has 0 aliphatic rings. The molecule has 1 amide bonds. The van der Waals surface area contributed by atoms with Gasteiger partial charge in [0, 0.05) is 5.02 Å². The number of amides is 1. The second-order valence-electron chi connectivity index (χ2n) is 4.20. The van der Waals surface area contributed by atoms with E-state index in [0.717, 1.165) is 0 Å². The van der Waals surface area contributed by atoms with E-state index in [2.05, 4.69) is 5.32 Å². The zero-order valence-corrected chi connectivity index (χ0v) is 13.1. The zero-order valence-electron chi connectivity index (χ0n) is 10.8. The highest BCUT2D eigenvalue weighted by molar-refractivity contribution is 7.86. The highest BCUT2D eigenvalue weighted by Crippen LogP contribution is 2.23. The number of rotatable bonds is 4. The minimum Gasteiger partial charge on any atom is -0.397 e. The molecule has 1 unspecified atom stereocenters. The van der Waals surface area contributed by atoms with E-state index in [-0.39, 0.29) is 5.75 Å². The van der Waals surface area contributed by atoms with Crippen LogP contribution in [0.15, 0.2) is 47.4 Å². The standard InChI is InChI=1S/C14H12Cl2N2O2S/c15-9-5-6-12(11(17)7-9)18-14(19)8-21(20)13-4-2-1-3-10(13)16/h1-7H,8,17H2,(H,18,19). The Morgan fingerprint density at radius 1 is 1.19 bits per heavy atom. The van der Waals surface area contributed by atoms with Crippen molar-refractivity contribution < 1.29 is 9.00 Å². The van der Waals surface area contributed by atoms with Gasteiger partial charge >= 0.3 is 0 Å². The van der Waals surface area contributed by atoms with Crippen molar-refractivity contribution >= 4 is 51.3 Å². The summed E-state index contributed by atoms with van der Waals surface area (Å²) < 4.78 is 12.1. The first-order chi connectivity index (χ1) is 9.97. The molecular weight excluding hydrogens is 331 g/mol. The number of nitrogens with one attached hydrogen (secondary N) is 1. The maximum atomic E-state index is 12.1. The summed E-state index contributed by atoms with van der Waals surface area (Å²) in [5.41, 5.74) is 6.52. The lowest BCUT2D eigenvalue weighted by Crippen LogP contribution is -2.20. The molecule has 1 atom stereocenters. The molecule has 0 saturated carbocycles. The average molecular weight is 343 g/mol. The molecule has 0 saturated heterocycles. The van der Waals surface area contributed by atoms with E-state index in [1.54, 1.807) is 36.4 Å². The van der Waals surface area contributed by atoms with Crippen LogP contribution >= 0.6 is 23.2 Å². The molecule has 0 aliphatic heterocycles. The molecule has 0 heterocycles. The van der Waals surface area contributed by atoms with Crippen molar-refractivity contribution in [3.05, 3.63) is 52.5 Å². The van der Waals surface area contributed by atoms with Crippen LogP contribution in [0, 0.1) is 0 Å². The first-order valence-electron chi connectivity index (χ1n) is 5.95. The van der Waals surface area contributed by atoms with Crippen LogP contribution in [0.25, 0.3) is 0 Å². The smallest absolute Gasteiger partial charge is 0.237 e. The minimum atomic E-state index is -1.52. The fourth-order valence-corrected chi connectivity index (χ4v) is 3.22. The van der Waals surface area contributed by atoms with Gasteiger partial charge in [0.1, 0.15) is 5.75 Å². The molecular formula is C14H12Cl2N2O2S. The topological polar surface area (TPSA) is 72.2 Å². The molecule has 2 rings (SSSR count). The molecule has 0 bridgehead atoms. The number of benzene rings is 2. The van der Waals surface area contributed by atoms with Crippen LogP contribution in [-0.2, 0) is 15.6 Å². The molecule has 2 aromatic rings. The summed E-state index contributed by atoms with van der Waals surface area (Å²) in [7, 11) is -1.52. The van der Waals surface area contributed by atoms with E-state index in [1.807, 2.05) is 0 Å². The summed E-state index contributed by atoms with van der Waals surface area (Å²) in [4.78, 5) is 12.3. The Kier molecular flexibility index (Phi) is 5.22. The predicted octanol–water partition coefficient (Wildman–Crippen LogP) is 3.32. The third-order valence-corrected chi connectivity index (χ3v) is 4.68. The van der Waals surface area contributed by atoms with Crippen molar-refractivity contribution in [1.82, 2.24) is 0 Å². The fourth-order valence-electron chi connectivity index (χ4n) is 1.66. The molecule has 4 nitrogen and oxygen atoms in total. The quantitative estimate of drug-likeness (QED) is 0.837. The van der Waals surface area contributed by atoms with Gasteiger partial charge in [-0.1, -0.05) is 35.3 Å². The summed E-state index contributed by atoms with van der Waals surface area (Å²) in [6.45, 7) is 0. The van der Waals surface area contributed by atoms with Crippen molar-refractivity contribution in [3.63, 3.8) is 0 Å². The zero-order chi connectivity index (χ0) is 15.4. The van der Waals surface area contributed by atoms with Gasteiger partial charge in [0.2, 0.25) is 5.91 Å². The van der Waals surface area contributed by atoms with Gasteiger partial charge in [-0.15, -0.1) is 0 Å². The number of nitrogen functional groups attached to an aromatic ring is 1. The molecule has 0 radical (unpaired) electrons. The Bertz CT molecular complexity index is 707. The van der Waals surface area contributed by atoms with Crippen LogP contribution in [0.4, 0.5) is 11.4 Å². The lowest BCUT2D eigenvalue weighted by Gasteiger charge is -2.09. The molecule has 21 heavy (non-hydrogen) atoms. The van der Waals surface area contributed by atoms with Crippen molar-refractivity contribution in [2.75, 3.05) is 16.8 Å².